The van der Waals surface area contributed by atoms with Crippen molar-refractivity contribution in [1.82, 2.24) is 25.1 Å². The molecular formula is C14H19N5. The summed E-state index contributed by atoms with van der Waals surface area (Å²) in [6.07, 6.45) is 4.54. The topological polar surface area (TPSA) is 55.6 Å². The minimum Gasteiger partial charge on any atom is -0.310 e. The van der Waals surface area contributed by atoms with Gasteiger partial charge in [0.2, 0.25) is 0 Å². The van der Waals surface area contributed by atoms with Gasteiger partial charge >= 0.3 is 0 Å². The van der Waals surface area contributed by atoms with E-state index in [-0.39, 0.29) is 0 Å². The molecule has 2 heterocycles. The van der Waals surface area contributed by atoms with Crippen LogP contribution in [-0.4, -0.2) is 25.8 Å². The highest BCUT2D eigenvalue weighted by Gasteiger charge is 2.20. The first-order valence-electron chi connectivity index (χ1n) is 6.73. The molecule has 0 radical (unpaired) electrons. The molecule has 5 nitrogen and oxygen atoms in total. The highest BCUT2D eigenvalue weighted by molar-refractivity contribution is 5.35. The molecule has 19 heavy (non-hydrogen) atoms. The van der Waals surface area contributed by atoms with Crippen LogP contribution in [0.3, 0.4) is 0 Å². The van der Waals surface area contributed by atoms with E-state index in [4.69, 9.17) is 0 Å². The van der Waals surface area contributed by atoms with Gasteiger partial charge in [-0.15, -0.1) is 5.10 Å². The van der Waals surface area contributed by atoms with Crippen LogP contribution in [0, 0.1) is 20.8 Å². The largest absolute Gasteiger partial charge is 0.310 e. The van der Waals surface area contributed by atoms with E-state index in [1.54, 1.807) is 0 Å². The zero-order valence-electron chi connectivity index (χ0n) is 11.6. The van der Waals surface area contributed by atoms with Gasteiger partial charge in [0.15, 0.2) is 5.82 Å². The third-order valence-corrected chi connectivity index (χ3v) is 3.35. The Hall–Kier alpha value is -1.75. The maximum absolute atomic E-state index is 4.54. The van der Waals surface area contributed by atoms with Crippen molar-refractivity contribution in [1.29, 1.82) is 0 Å². The van der Waals surface area contributed by atoms with Crippen molar-refractivity contribution in [2.24, 2.45) is 0 Å². The van der Waals surface area contributed by atoms with Crippen LogP contribution in [0.5, 0.6) is 0 Å². The van der Waals surface area contributed by atoms with Crippen molar-refractivity contribution >= 4 is 0 Å². The summed E-state index contributed by atoms with van der Waals surface area (Å²) in [4.78, 5) is 8.86. The maximum atomic E-state index is 4.54. The van der Waals surface area contributed by atoms with Gasteiger partial charge in [0, 0.05) is 18.8 Å². The normalized spacial score (nSPS) is 14.9. The molecular weight excluding hydrogens is 238 g/mol. The highest BCUT2D eigenvalue weighted by Crippen LogP contribution is 2.20. The monoisotopic (exact) mass is 257 g/mol. The Morgan fingerprint density at radius 1 is 1.32 bits per heavy atom. The molecule has 0 bridgehead atoms. The molecule has 0 aromatic carbocycles. The summed E-state index contributed by atoms with van der Waals surface area (Å²) in [5, 5.41) is 7.88. The Morgan fingerprint density at radius 2 is 2.11 bits per heavy atom. The van der Waals surface area contributed by atoms with E-state index in [9.17, 15) is 0 Å². The molecule has 5 heteroatoms. The average Bonchev–Trinajstić information content (AvgIpc) is 3.12. The average molecular weight is 257 g/mol. The first kappa shape index (κ1) is 12.3. The number of hydrogen-bond donors (Lipinski definition) is 1. The SMILES string of the molecule is Cc1nc(C)n(-c2ncc(CNC3CC3)cc2C)n1. The van der Waals surface area contributed by atoms with E-state index in [0.29, 0.717) is 0 Å². The molecule has 1 N–H and O–H groups in total. The van der Waals surface area contributed by atoms with Gasteiger partial charge in [-0.25, -0.2) is 9.97 Å². The molecule has 1 aliphatic carbocycles. The Bertz CT molecular complexity index is 598. The van der Waals surface area contributed by atoms with Gasteiger partial charge in [-0.3, -0.25) is 0 Å². The van der Waals surface area contributed by atoms with E-state index < -0.39 is 0 Å². The fraction of sp³-hybridized carbons (Fsp3) is 0.500. The van der Waals surface area contributed by atoms with Crippen LogP contribution in [0.4, 0.5) is 0 Å². The predicted molar refractivity (Wildman–Crippen MR) is 73.2 cm³/mol. The number of pyridine rings is 1. The molecule has 0 spiro atoms. The summed E-state index contributed by atoms with van der Waals surface area (Å²) < 4.78 is 1.81. The first-order chi connectivity index (χ1) is 9.13. The third kappa shape index (κ3) is 2.66. The van der Waals surface area contributed by atoms with Crippen molar-refractivity contribution in [2.75, 3.05) is 0 Å². The molecule has 100 valence electrons. The maximum Gasteiger partial charge on any atom is 0.158 e. The summed E-state index contributed by atoms with van der Waals surface area (Å²) in [7, 11) is 0. The van der Waals surface area contributed by atoms with E-state index in [0.717, 1.165) is 35.6 Å². The van der Waals surface area contributed by atoms with Crippen LogP contribution in [0.1, 0.15) is 35.6 Å². The number of hydrogen-bond acceptors (Lipinski definition) is 4. The Morgan fingerprint density at radius 3 is 2.68 bits per heavy atom. The van der Waals surface area contributed by atoms with Crippen LogP contribution in [0.15, 0.2) is 12.3 Å². The van der Waals surface area contributed by atoms with Crippen molar-refractivity contribution in [3.63, 3.8) is 0 Å². The van der Waals surface area contributed by atoms with Crippen molar-refractivity contribution < 1.29 is 0 Å². The predicted octanol–water partition coefficient (Wildman–Crippen LogP) is 1.84. The first-order valence-corrected chi connectivity index (χ1v) is 6.73. The van der Waals surface area contributed by atoms with Crippen LogP contribution < -0.4 is 5.32 Å². The molecule has 0 amide bonds. The number of nitrogens with one attached hydrogen (secondary N) is 1. The summed E-state index contributed by atoms with van der Waals surface area (Å²) in [6, 6.07) is 2.90. The fourth-order valence-corrected chi connectivity index (χ4v) is 2.22. The Balaban J connectivity index is 1.84. The van der Waals surface area contributed by atoms with E-state index in [2.05, 4.69) is 33.4 Å². The molecule has 0 atom stereocenters. The number of aryl methyl sites for hydroxylation is 3. The van der Waals surface area contributed by atoms with Crippen molar-refractivity contribution in [2.45, 2.75) is 46.2 Å². The number of aromatic nitrogens is 4. The summed E-state index contributed by atoms with van der Waals surface area (Å²) in [5.74, 6) is 2.52. The smallest absolute Gasteiger partial charge is 0.158 e. The van der Waals surface area contributed by atoms with Crippen LogP contribution in [-0.2, 0) is 6.54 Å². The van der Waals surface area contributed by atoms with Crippen molar-refractivity contribution in [3.8, 4) is 5.82 Å². The number of nitrogens with zero attached hydrogens (tertiary/aromatic N) is 4. The summed E-state index contributed by atoms with van der Waals surface area (Å²) in [5.41, 5.74) is 2.35. The van der Waals surface area contributed by atoms with Crippen molar-refractivity contribution in [3.05, 3.63) is 35.0 Å². The standard InChI is InChI=1S/C14H19N5/c1-9-6-12(7-15-13-4-5-13)8-16-14(9)19-11(3)17-10(2)18-19/h6,8,13,15H,4-5,7H2,1-3H3. The van der Waals surface area contributed by atoms with Gasteiger partial charge in [0.05, 0.1) is 0 Å². The molecule has 0 unspecified atom stereocenters. The molecule has 0 aliphatic heterocycles. The molecule has 0 saturated heterocycles. The van der Waals surface area contributed by atoms with E-state index >= 15 is 0 Å². The van der Waals surface area contributed by atoms with Gasteiger partial charge < -0.3 is 5.32 Å². The lowest BCUT2D eigenvalue weighted by Crippen LogP contribution is -2.16. The van der Waals surface area contributed by atoms with E-state index in [1.165, 1.54) is 18.4 Å². The minimum atomic E-state index is 0.722. The van der Waals surface area contributed by atoms with Crippen LogP contribution >= 0.6 is 0 Å². The fourth-order valence-electron chi connectivity index (χ4n) is 2.22. The van der Waals surface area contributed by atoms with E-state index in [1.807, 2.05) is 24.7 Å². The van der Waals surface area contributed by atoms with Gasteiger partial charge in [0.25, 0.3) is 0 Å². The molecule has 1 saturated carbocycles. The third-order valence-electron chi connectivity index (χ3n) is 3.35. The Labute approximate surface area is 113 Å². The van der Waals surface area contributed by atoms with Crippen LogP contribution in [0.2, 0.25) is 0 Å². The molecule has 3 rings (SSSR count). The second-order valence-corrected chi connectivity index (χ2v) is 5.26. The van der Waals surface area contributed by atoms with Gasteiger partial charge in [0.1, 0.15) is 11.6 Å². The van der Waals surface area contributed by atoms with Gasteiger partial charge in [-0.05, 0) is 50.8 Å². The quantitative estimate of drug-likeness (QED) is 0.908. The Kier molecular flexibility index (Phi) is 3.06. The number of rotatable bonds is 4. The zero-order valence-corrected chi connectivity index (χ0v) is 11.6. The second-order valence-electron chi connectivity index (χ2n) is 5.26. The second kappa shape index (κ2) is 4.74. The summed E-state index contributed by atoms with van der Waals surface area (Å²) in [6.45, 7) is 6.81. The molecule has 1 fully saturated rings. The van der Waals surface area contributed by atoms with Gasteiger partial charge in [-0.2, -0.15) is 4.68 Å². The zero-order chi connectivity index (χ0) is 13.4. The minimum absolute atomic E-state index is 0.722. The summed E-state index contributed by atoms with van der Waals surface area (Å²) >= 11 is 0. The highest BCUT2D eigenvalue weighted by atomic mass is 15.4. The molecule has 2 aromatic rings. The lowest BCUT2D eigenvalue weighted by molar-refractivity contribution is 0.683. The molecule has 2 aromatic heterocycles. The lowest BCUT2D eigenvalue weighted by atomic mass is 10.2. The molecule has 1 aliphatic rings. The lowest BCUT2D eigenvalue weighted by Gasteiger charge is -2.09. The van der Waals surface area contributed by atoms with Crippen LogP contribution in [0.25, 0.3) is 5.82 Å². The van der Waals surface area contributed by atoms with Gasteiger partial charge in [-0.1, -0.05) is 0 Å².